The second-order valence-corrected chi connectivity index (χ2v) is 19.5. The molecule has 14 aromatic rings. The van der Waals surface area contributed by atoms with Gasteiger partial charge in [-0.05, 0) is 117 Å². The van der Waals surface area contributed by atoms with Gasteiger partial charge in [-0.1, -0.05) is 212 Å². The predicted molar refractivity (Wildman–Crippen MR) is 295 cm³/mol. The third-order valence-electron chi connectivity index (χ3n) is 16.4. The highest BCUT2D eigenvalue weighted by atomic mass is 14.9. The summed E-state index contributed by atoms with van der Waals surface area (Å²) in [5.41, 5.74) is 22.3. The summed E-state index contributed by atoms with van der Waals surface area (Å²) in [6.45, 7) is 0. The molecule has 2 heteroatoms. The van der Waals surface area contributed by atoms with Crippen molar-refractivity contribution in [2.45, 2.75) is 5.41 Å². The van der Waals surface area contributed by atoms with Crippen LogP contribution in [0.15, 0.2) is 231 Å². The summed E-state index contributed by atoms with van der Waals surface area (Å²) in [6.07, 6.45) is 0. The van der Waals surface area contributed by atoms with Crippen LogP contribution in [-0.2, 0) is 12.5 Å². The molecule has 1 spiro atoms. The first-order valence-electron chi connectivity index (χ1n) is 24.5. The van der Waals surface area contributed by atoms with Gasteiger partial charge in [-0.3, -0.25) is 0 Å². The molecule has 16 rings (SSSR count). The number of fused-ring (bicyclic) bond motifs is 20. The molecule has 0 aliphatic heterocycles. The molecule has 0 bridgehead atoms. The van der Waals surface area contributed by atoms with Crippen LogP contribution in [0.2, 0.25) is 0 Å². The number of nitrogens with one attached hydrogen (secondary N) is 1. The Balaban J connectivity index is 1.07. The van der Waals surface area contributed by atoms with Gasteiger partial charge in [-0.2, -0.15) is 0 Å². The molecule has 2 aromatic heterocycles. The summed E-state index contributed by atoms with van der Waals surface area (Å²) in [5, 5.41) is 12.5. The number of hydrogen-bond donors (Lipinski definition) is 1. The Kier molecular flexibility index (Phi) is 7.51. The van der Waals surface area contributed by atoms with E-state index in [2.05, 4.69) is 247 Å². The first-order chi connectivity index (χ1) is 34.7. The van der Waals surface area contributed by atoms with E-state index < -0.39 is 5.41 Å². The molecule has 324 valence electrons. The summed E-state index contributed by atoms with van der Waals surface area (Å²) in [5.74, 6) is 0. The number of benzene rings is 12. The normalized spacial score (nSPS) is 14.7. The van der Waals surface area contributed by atoms with Crippen molar-refractivity contribution in [3.8, 4) is 55.6 Å². The van der Waals surface area contributed by atoms with Gasteiger partial charge in [0.25, 0.3) is 0 Å². The molecule has 0 saturated heterocycles. The largest absolute Gasteiger partial charge is 0.354 e. The van der Waals surface area contributed by atoms with E-state index in [4.69, 9.17) is 0 Å². The minimum atomic E-state index is -0.513. The van der Waals surface area contributed by atoms with E-state index in [9.17, 15) is 0 Å². The van der Waals surface area contributed by atoms with Gasteiger partial charge in [0.2, 0.25) is 0 Å². The van der Waals surface area contributed by atoms with Crippen LogP contribution in [0, 0.1) is 0 Å². The Morgan fingerprint density at radius 2 is 0.871 bits per heavy atom. The summed E-state index contributed by atoms with van der Waals surface area (Å²) in [6, 6.07) is 87.0. The van der Waals surface area contributed by atoms with Crippen LogP contribution in [0.5, 0.6) is 0 Å². The highest BCUT2D eigenvalue weighted by Crippen LogP contribution is 2.65. The summed E-state index contributed by atoms with van der Waals surface area (Å²) < 4.78 is 2.39. The van der Waals surface area contributed by atoms with Crippen molar-refractivity contribution >= 4 is 75.9 Å². The van der Waals surface area contributed by atoms with E-state index in [1.54, 1.807) is 0 Å². The average Bonchev–Trinajstić information content (AvgIpc) is 4.15. The first kappa shape index (κ1) is 38.0. The summed E-state index contributed by atoms with van der Waals surface area (Å²) in [4.78, 5) is 3.87. The smallest absolute Gasteiger partial charge is 0.0731 e. The maximum absolute atomic E-state index is 3.87. The highest BCUT2D eigenvalue weighted by Gasteiger charge is 2.53. The number of nitrogens with zero attached hydrogens (tertiary/aromatic N) is 1. The van der Waals surface area contributed by atoms with Crippen molar-refractivity contribution < 1.29 is 0 Å². The lowest BCUT2D eigenvalue weighted by Crippen LogP contribution is -2.26. The lowest BCUT2D eigenvalue weighted by Gasteiger charge is -2.31. The minimum absolute atomic E-state index is 0.513. The fraction of sp³-hybridized carbons (Fsp3) is 0.0294. The zero-order chi connectivity index (χ0) is 45.8. The molecule has 1 unspecified atom stereocenters. The maximum atomic E-state index is 3.87. The van der Waals surface area contributed by atoms with Crippen molar-refractivity contribution in [2.24, 2.45) is 7.05 Å². The standard InChI is InChI=1S/C68H42N2/c1-70-62-36-11-7-21-46(62)53-30-15-29-52(67(53)70)43-24-13-26-48-57(43)39-56-42(50-27-14-28-51-45-20-6-10-35-61(45)69-66(50)51)23-12-25-47(56)63(48)55-31-16-34-60-64(55)54-22-5-9-33-59(54)68(60)58-32-8-4-19-44(58)49-38-37-40-17-2-3-18-41(40)65(49)68/h2-39,69H,1H3. The predicted octanol–water partition coefficient (Wildman–Crippen LogP) is 17.8. The van der Waals surface area contributed by atoms with Crippen molar-refractivity contribution in [1.29, 1.82) is 0 Å². The monoisotopic (exact) mass is 886 g/mol. The number of para-hydroxylation sites is 4. The highest BCUT2D eigenvalue weighted by molar-refractivity contribution is 6.24. The van der Waals surface area contributed by atoms with Crippen LogP contribution < -0.4 is 0 Å². The van der Waals surface area contributed by atoms with Crippen LogP contribution in [0.4, 0.5) is 0 Å². The maximum Gasteiger partial charge on any atom is 0.0731 e. The molecule has 2 nitrogen and oxygen atoms in total. The van der Waals surface area contributed by atoms with Crippen LogP contribution in [0.25, 0.3) is 132 Å². The minimum Gasteiger partial charge on any atom is -0.354 e. The molecule has 2 aliphatic rings. The first-order valence-corrected chi connectivity index (χ1v) is 24.5. The van der Waals surface area contributed by atoms with Crippen LogP contribution in [-0.4, -0.2) is 9.55 Å². The third kappa shape index (κ3) is 4.73. The van der Waals surface area contributed by atoms with E-state index in [1.807, 2.05) is 0 Å². The molecule has 1 N–H and O–H groups in total. The lowest BCUT2D eigenvalue weighted by molar-refractivity contribution is 0.801. The van der Waals surface area contributed by atoms with E-state index in [0.29, 0.717) is 0 Å². The van der Waals surface area contributed by atoms with Crippen LogP contribution in [0.1, 0.15) is 22.3 Å². The Hall–Kier alpha value is -8.98. The molecular formula is C68H42N2. The van der Waals surface area contributed by atoms with Gasteiger partial charge in [0.15, 0.2) is 0 Å². The number of aromatic nitrogens is 2. The SMILES string of the molecule is Cn1c2ccccc2c2cccc(-c3cccc4c(-c5cccc6c5-c5ccccc5C65c6ccccc6-c6ccc7ccccc7c65)c5cccc(-c6cccc7c6[nH]c6ccccc67)c5cc34)c21. The van der Waals surface area contributed by atoms with Crippen molar-refractivity contribution in [2.75, 3.05) is 0 Å². The number of rotatable bonds is 3. The molecule has 2 aliphatic carbocycles. The van der Waals surface area contributed by atoms with Crippen LogP contribution >= 0.6 is 0 Å². The second-order valence-electron chi connectivity index (χ2n) is 19.5. The second kappa shape index (κ2) is 13.8. The molecule has 1 atom stereocenters. The Morgan fingerprint density at radius 3 is 1.69 bits per heavy atom. The Bertz CT molecular complexity index is 4620. The Morgan fingerprint density at radius 1 is 0.329 bits per heavy atom. The Labute approximate surface area is 404 Å². The molecule has 0 fully saturated rings. The van der Waals surface area contributed by atoms with Crippen molar-refractivity contribution in [3.05, 3.63) is 253 Å². The fourth-order valence-corrected chi connectivity index (χ4v) is 13.7. The van der Waals surface area contributed by atoms with E-state index in [-0.39, 0.29) is 0 Å². The number of aromatic amines is 1. The zero-order valence-electron chi connectivity index (χ0n) is 38.4. The third-order valence-corrected chi connectivity index (χ3v) is 16.4. The molecular weight excluding hydrogens is 845 g/mol. The molecule has 0 amide bonds. The molecule has 2 heterocycles. The van der Waals surface area contributed by atoms with Gasteiger partial charge < -0.3 is 9.55 Å². The number of aryl methyl sites for hydroxylation is 1. The van der Waals surface area contributed by atoms with E-state index >= 15 is 0 Å². The van der Waals surface area contributed by atoms with Gasteiger partial charge in [0.1, 0.15) is 0 Å². The summed E-state index contributed by atoms with van der Waals surface area (Å²) in [7, 11) is 2.22. The van der Waals surface area contributed by atoms with Gasteiger partial charge in [0.05, 0.1) is 16.4 Å². The number of H-pyrrole nitrogens is 1. The topological polar surface area (TPSA) is 20.7 Å². The van der Waals surface area contributed by atoms with E-state index in [0.717, 1.165) is 11.0 Å². The quantitative estimate of drug-likeness (QED) is 0.171. The van der Waals surface area contributed by atoms with Gasteiger partial charge in [0, 0.05) is 50.8 Å². The van der Waals surface area contributed by atoms with Gasteiger partial charge >= 0.3 is 0 Å². The van der Waals surface area contributed by atoms with Crippen LogP contribution in [0.3, 0.4) is 0 Å². The van der Waals surface area contributed by atoms with Gasteiger partial charge in [-0.25, -0.2) is 0 Å². The summed E-state index contributed by atoms with van der Waals surface area (Å²) >= 11 is 0. The lowest BCUT2D eigenvalue weighted by atomic mass is 9.69. The fourth-order valence-electron chi connectivity index (χ4n) is 13.7. The molecule has 12 aromatic carbocycles. The molecule has 70 heavy (non-hydrogen) atoms. The van der Waals surface area contributed by atoms with Gasteiger partial charge in [-0.15, -0.1) is 0 Å². The number of hydrogen-bond acceptors (Lipinski definition) is 0. The van der Waals surface area contributed by atoms with Crippen molar-refractivity contribution in [3.63, 3.8) is 0 Å². The average molecular weight is 887 g/mol. The van der Waals surface area contributed by atoms with E-state index in [1.165, 1.54) is 143 Å². The zero-order valence-corrected chi connectivity index (χ0v) is 38.4. The molecule has 0 saturated carbocycles. The van der Waals surface area contributed by atoms with Crippen molar-refractivity contribution in [1.82, 2.24) is 9.55 Å². The molecule has 0 radical (unpaired) electrons.